The number of carbonyl (C=O) groups is 1. The van der Waals surface area contributed by atoms with Crippen molar-refractivity contribution in [3.63, 3.8) is 0 Å². The van der Waals surface area contributed by atoms with Crippen molar-refractivity contribution in [3.05, 3.63) is 40.2 Å². The third kappa shape index (κ3) is 3.61. The van der Waals surface area contributed by atoms with Crippen LogP contribution >= 0.6 is 0 Å². The number of benzene rings is 1. The van der Waals surface area contributed by atoms with Crippen molar-refractivity contribution < 1.29 is 9.53 Å². The van der Waals surface area contributed by atoms with Gasteiger partial charge in [-0.2, -0.15) is 0 Å². The van der Waals surface area contributed by atoms with Gasteiger partial charge in [0.15, 0.2) is 0 Å². The van der Waals surface area contributed by atoms with E-state index >= 15 is 0 Å². The standard InChI is InChI=1S/C20H26N2O3/c1-15-12-19(24)22(18-13-16(25-2)4-5-17(15)18)11-3-6-20(14-23)7-9-21-10-8-20/h4-5,12-14,21H,3,6-11H2,1-2H3. The van der Waals surface area contributed by atoms with Gasteiger partial charge < -0.3 is 19.4 Å². The average Bonchev–Trinajstić information content (AvgIpc) is 2.64. The minimum Gasteiger partial charge on any atom is -0.497 e. The second-order valence-electron chi connectivity index (χ2n) is 7.03. The first-order chi connectivity index (χ1) is 12.1. The van der Waals surface area contributed by atoms with Gasteiger partial charge in [-0.15, -0.1) is 0 Å². The highest BCUT2D eigenvalue weighted by molar-refractivity contribution is 5.83. The fourth-order valence-corrected chi connectivity index (χ4v) is 3.83. The number of fused-ring (bicyclic) bond motifs is 1. The van der Waals surface area contributed by atoms with Gasteiger partial charge in [-0.3, -0.25) is 4.79 Å². The van der Waals surface area contributed by atoms with E-state index in [1.807, 2.05) is 29.7 Å². The Morgan fingerprint density at radius 3 is 2.72 bits per heavy atom. The van der Waals surface area contributed by atoms with Crippen molar-refractivity contribution in [2.24, 2.45) is 5.41 Å². The van der Waals surface area contributed by atoms with E-state index in [9.17, 15) is 9.59 Å². The number of piperidine rings is 1. The van der Waals surface area contributed by atoms with Crippen molar-refractivity contribution in [2.45, 2.75) is 39.2 Å². The molecule has 2 heterocycles. The predicted molar refractivity (Wildman–Crippen MR) is 99.3 cm³/mol. The molecule has 25 heavy (non-hydrogen) atoms. The number of ether oxygens (including phenoxy) is 1. The van der Waals surface area contributed by atoms with Gasteiger partial charge in [-0.1, -0.05) is 0 Å². The molecular formula is C20H26N2O3. The van der Waals surface area contributed by atoms with Crippen LogP contribution in [0.4, 0.5) is 0 Å². The molecule has 0 amide bonds. The highest BCUT2D eigenvalue weighted by Crippen LogP contribution is 2.32. The zero-order valence-corrected chi connectivity index (χ0v) is 15.0. The first-order valence-electron chi connectivity index (χ1n) is 8.94. The average molecular weight is 342 g/mol. The van der Waals surface area contributed by atoms with Gasteiger partial charge >= 0.3 is 0 Å². The summed E-state index contributed by atoms with van der Waals surface area (Å²) in [5.41, 5.74) is 1.65. The Kier molecular flexibility index (Phi) is 5.23. The number of methoxy groups -OCH3 is 1. The van der Waals surface area contributed by atoms with E-state index < -0.39 is 0 Å². The predicted octanol–water partition coefficient (Wildman–Crippen LogP) is 2.67. The summed E-state index contributed by atoms with van der Waals surface area (Å²) in [6.45, 7) is 4.36. The maximum atomic E-state index is 12.5. The van der Waals surface area contributed by atoms with E-state index in [1.165, 1.54) is 0 Å². The number of hydrogen-bond acceptors (Lipinski definition) is 4. The second-order valence-corrected chi connectivity index (χ2v) is 7.03. The lowest BCUT2D eigenvalue weighted by Gasteiger charge is -2.32. The van der Waals surface area contributed by atoms with Crippen LogP contribution in [-0.2, 0) is 11.3 Å². The second kappa shape index (κ2) is 7.40. The summed E-state index contributed by atoms with van der Waals surface area (Å²) in [4.78, 5) is 24.1. The van der Waals surface area contributed by atoms with Crippen molar-refractivity contribution in [1.82, 2.24) is 9.88 Å². The summed E-state index contributed by atoms with van der Waals surface area (Å²) in [7, 11) is 1.63. The van der Waals surface area contributed by atoms with Crippen LogP contribution in [0, 0.1) is 12.3 Å². The molecular weight excluding hydrogens is 316 g/mol. The molecule has 1 saturated heterocycles. The lowest BCUT2D eigenvalue weighted by molar-refractivity contribution is -0.118. The molecule has 1 N–H and O–H groups in total. The van der Waals surface area contributed by atoms with Crippen LogP contribution in [0.5, 0.6) is 5.75 Å². The SMILES string of the molecule is COc1ccc2c(C)cc(=O)n(CCCC3(C=O)CCNCC3)c2c1. The topological polar surface area (TPSA) is 60.3 Å². The first-order valence-corrected chi connectivity index (χ1v) is 8.94. The molecule has 0 saturated carbocycles. The lowest BCUT2D eigenvalue weighted by Crippen LogP contribution is -2.38. The van der Waals surface area contributed by atoms with E-state index in [0.29, 0.717) is 6.54 Å². The number of pyridine rings is 1. The van der Waals surface area contributed by atoms with Crippen LogP contribution in [0.3, 0.4) is 0 Å². The first kappa shape index (κ1) is 17.7. The lowest BCUT2D eigenvalue weighted by atomic mass is 9.76. The van der Waals surface area contributed by atoms with E-state index in [2.05, 4.69) is 5.32 Å². The molecule has 0 atom stereocenters. The quantitative estimate of drug-likeness (QED) is 0.820. The van der Waals surface area contributed by atoms with Crippen LogP contribution in [-0.4, -0.2) is 31.1 Å². The molecule has 0 radical (unpaired) electrons. The number of hydrogen-bond donors (Lipinski definition) is 1. The minimum absolute atomic E-state index is 0.00344. The molecule has 1 aromatic heterocycles. The molecule has 1 fully saturated rings. The third-order valence-electron chi connectivity index (χ3n) is 5.43. The number of nitrogens with zero attached hydrogens (tertiary/aromatic N) is 1. The van der Waals surface area contributed by atoms with Gasteiger partial charge in [0.25, 0.3) is 5.56 Å². The van der Waals surface area contributed by atoms with Gasteiger partial charge in [-0.05, 0) is 63.4 Å². The Balaban J connectivity index is 1.85. The van der Waals surface area contributed by atoms with E-state index in [0.717, 1.165) is 67.3 Å². The molecule has 134 valence electrons. The molecule has 0 spiro atoms. The molecule has 2 aromatic rings. The Morgan fingerprint density at radius 1 is 1.28 bits per heavy atom. The zero-order valence-electron chi connectivity index (χ0n) is 15.0. The van der Waals surface area contributed by atoms with Crippen LogP contribution < -0.4 is 15.6 Å². The summed E-state index contributed by atoms with van der Waals surface area (Å²) in [6, 6.07) is 7.53. The summed E-state index contributed by atoms with van der Waals surface area (Å²) in [5, 5.41) is 4.37. The Morgan fingerprint density at radius 2 is 2.04 bits per heavy atom. The highest BCUT2D eigenvalue weighted by Gasteiger charge is 2.30. The Hall–Kier alpha value is -2.14. The van der Waals surface area contributed by atoms with Crippen molar-refractivity contribution in [2.75, 3.05) is 20.2 Å². The van der Waals surface area contributed by atoms with Crippen molar-refractivity contribution in [1.29, 1.82) is 0 Å². The van der Waals surface area contributed by atoms with E-state index in [4.69, 9.17) is 4.74 Å². The van der Waals surface area contributed by atoms with E-state index in [1.54, 1.807) is 13.2 Å². The third-order valence-corrected chi connectivity index (χ3v) is 5.43. The maximum Gasteiger partial charge on any atom is 0.251 e. The van der Waals surface area contributed by atoms with Gasteiger partial charge in [0.1, 0.15) is 12.0 Å². The monoisotopic (exact) mass is 342 g/mol. The van der Waals surface area contributed by atoms with Gasteiger partial charge in [0.05, 0.1) is 12.6 Å². The van der Waals surface area contributed by atoms with Crippen LogP contribution in [0.25, 0.3) is 10.9 Å². The largest absolute Gasteiger partial charge is 0.497 e. The highest BCUT2D eigenvalue weighted by atomic mass is 16.5. The summed E-state index contributed by atoms with van der Waals surface area (Å²) < 4.78 is 7.13. The molecule has 5 heteroatoms. The van der Waals surface area contributed by atoms with Crippen LogP contribution in [0.15, 0.2) is 29.1 Å². The molecule has 0 aliphatic carbocycles. The van der Waals surface area contributed by atoms with Crippen LogP contribution in [0.2, 0.25) is 0 Å². The fourth-order valence-electron chi connectivity index (χ4n) is 3.83. The molecule has 0 bridgehead atoms. The molecule has 0 unspecified atom stereocenters. The molecule has 1 aliphatic heterocycles. The van der Waals surface area contributed by atoms with E-state index in [-0.39, 0.29) is 11.0 Å². The minimum atomic E-state index is -0.229. The van der Waals surface area contributed by atoms with Gasteiger partial charge in [0.2, 0.25) is 0 Å². The fraction of sp³-hybridized carbons (Fsp3) is 0.500. The number of carbonyl (C=O) groups excluding carboxylic acids is 1. The molecule has 1 aromatic carbocycles. The molecule has 3 rings (SSSR count). The zero-order chi connectivity index (χ0) is 17.9. The van der Waals surface area contributed by atoms with Crippen molar-refractivity contribution >= 4 is 17.2 Å². The Bertz CT molecular complexity index is 820. The van der Waals surface area contributed by atoms with Crippen LogP contribution in [0.1, 0.15) is 31.2 Å². The number of aromatic nitrogens is 1. The van der Waals surface area contributed by atoms with Gasteiger partial charge in [0, 0.05) is 29.5 Å². The summed E-state index contributed by atoms with van der Waals surface area (Å²) >= 11 is 0. The smallest absolute Gasteiger partial charge is 0.251 e. The number of aryl methyl sites for hydroxylation is 2. The summed E-state index contributed by atoms with van der Waals surface area (Å²) in [5.74, 6) is 0.744. The Labute approximate surface area is 148 Å². The maximum absolute atomic E-state index is 12.5. The number of aldehydes is 1. The number of rotatable bonds is 6. The molecule has 5 nitrogen and oxygen atoms in total. The molecule has 1 aliphatic rings. The van der Waals surface area contributed by atoms with Crippen molar-refractivity contribution in [3.8, 4) is 5.75 Å². The van der Waals surface area contributed by atoms with Gasteiger partial charge in [-0.25, -0.2) is 0 Å². The normalized spacial score (nSPS) is 16.7. The number of nitrogens with one attached hydrogen (secondary N) is 1. The summed E-state index contributed by atoms with van der Waals surface area (Å²) in [6.07, 6.45) is 4.53.